The zero-order valence-corrected chi connectivity index (χ0v) is 17.3. The average Bonchev–Trinajstić information content (AvgIpc) is 2.96. The SMILES string of the molecule is O=C(CCCN1c2cccc3cccc(c23)S1(=O)=O)NCCCc1ccc(F)cc1. The van der Waals surface area contributed by atoms with Crippen LogP contribution in [0, 0.1) is 5.82 Å². The van der Waals surface area contributed by atoms with Gasteiger partial charge in [-0.25, -0.2) is 12.8 Å². The van der Waals surface area contributed by atoms with E-state index >= 15 is 0 Å². The summed E-state index contributed by atoms with van der Waals surface area (Å²) in [7, 11) is -3.58. The van der Waals surface area contributed by atoms with Crippen LogP contribution >= 0.6 is 0 Å². The number of nitrogens with one attached hydrogen (secondary N) is 1. The van der Waals surface area contributed by atoms with Crippen LogP contribution in [0.1, 0.15) is 24.8 Å². The maximum absolute atomic E-state index is 12.9. The van der Waals surface area contributed by atoms with Gasteiger partial charge in [-0.15, -0.1) is 0 Å². The predicted molar refractivity (Wildman–Crippen MR) is 115 cm³/mol. The van der Waals surface area contributed by atoms with Gasteiger partial charge in [0.1, 0.15) is 5.82 Å². The van der Waals surface area contributed by atoms with Gasteiger partial charge in [-0.05, 0) is 54.5 Å². The molecule has 0 aliphatic carbocycles. The first kappa shape index (κ1) is 20.3. The van der Waals surface area contributed by atoms with Crippen LogP contribution in [0.15, 0.2) is 65.6 Å². The second-order valence-electron chi connectivity index (χ2n) is 7.39. The molecular weight excluding hydrogens is 403 g/mol. The van der Waals surface area contributed by atoms with E-state index in [1.807, 2.05) is 24.3 Å². The Kier molecular flexibility index (Phi) is 5.72. The van der Waals surface area contributed by atoms with Crippen molar-refractivity contribution < 1.29 is 17.6 Å². The van der Waals surface area contributed by atoms with E-state index in [4.69, 9.17) is 0 Å². The van der Waals surface area contributed by atoms with Crippen LogP contribution in [0.2, 0.25) is 0 Å². The van der Waals surface area contributed by atoms with Gasteiger partial charge < -0.3 is 5.32 Å². The first-order chi connectivity index (χ1) is 14.5. The molecule has 0 bridgehead atoms. The molecule has 0 aromatic heterocycles. The van der Waals surface area contributed by atoms with Gasteiger partial charge in [0.2, 0.25) is 5.91 Å². The summed E-state index contributed by atoms with van der Waals surface area (Å²) in [6.07, 6.45) is 2.21. The summed E-state index contributed by atoms with van der Waals surface area (Å²) in [5.41, 5.74) is 1.71. The normalized spacial score (nSPS) is 14.2. The van der Waals surface area contributed by atoms with Crippen LogP contribution < -0.4 is 9.62 Å². The lowest BCUT2D eigenvalue weighted by Gasteiger charge is -2.18. The van der Waals surface area contributed by atoms with Crippen molar-refractivity contribution in [1.82, 2.24) is 5.32 Å². The molecule has 1 amide bonds. The van der Waals surface area contributed by atoms with Crippen molar-refractivity contribution >= 4 is 32.4 Å². The Morgan fingerprint density at radius 1 is 0.967 bits per heavy atom. The minimum Gasteiger partial charge on any atom is -0.356 e. The fraction of sp³-hybridized carbons (Fsp3) is 0.261. The Hall–Kier alpha value is -2.93. The maximum Gasteiger partial charge on any atom is 0.265 e. The monoisotopic (exact) mass is 426 g/mol. The smallest absolute Gasteiger partial charge is 0.265 e. The number of carbonyl (C=O) groups excluding carboxylic acids is 1. The van der Waals surface area contributed by atoms with Gasteiger partial charge >= 0.3 is 0 Å². The number of rotatable bonds is 8. The number of amides is 1. The highest BCUT2D eigenvalue weighted by molar-refractivity contribution is 7.93. The van der Waals surface area contributed by atoms with Crippen LogP contribution in [0.5, 0.6) is 0 Å². The molecule has 0 radical (unpaired) electrons. The molecule has 3 aromatic carbocycles. The van der Waals surface area contributed by atoms with Crippen molar-refractivity contribution in [2.45, 2.75) is 30.6 Å². The van der Waals surface area contributed by atoms with Crippen molar-refractivity contribution in [2.75, 3.05) is 17.4 Å². The second-order valence-corrected chi connectivity index (χ2v) is 9.22. The van der Waals surface area contributed by atoms with Gasteiger partial charge in [0.15, 0.2) is 0 Å². The van der Waals surface area contributed by atoms with Crippen molar-refractivity contribution in [1.29, 1.82) is 0 Å². The standard InChI is InChI=1S/C23H23FN2O3S/c24-19-13-11-17(12-14-19)5-3-15-25-22(27)10-4-16-26-20-8-1-6-18-7-2-9-21(23(18)20)30(26,28)29/h1-2,6-9,11-14H,3-5,10,15-16H2,(H,25,27). The van der Waals surface area contributed by atoms with Crippen molar-refractivity contribution in [3.8, 4) is 0 Å². The lowest BCUT2D eigenvalue weighted by molar-refractivity contribution is -0.121. The minimum atomic E-state index is -3.58. The molecule has 0 saturated carbocycles. The Bertz CT molecular complexity index is 1170. The highest BCUT2D eigenvalue weighted by atomic mass is 32.2. The third-order valence-electron chi connectivity index (χ3n) is 5.32. The molecule has 0 atom stereocenters. The molecule has 1 heterocycles. The molecular formula is C23H23FN2O3S. The fourth-order valence-electron chi connectivity index (χ4n) is 3.84. The first-order valence-corrected chi connectivity index (χ1v) is 11.5. The van der Waals surface area contributed by atoms with Crippen LogP contribution in [0.3, 0.4) is 0 Å². The summed E-state index contributed by atoms with van der Waals surface area (Å²) in [5.74, 6) is -0.354. The average molecular weight is 427 g/mol. The van der Waals surface area contributed by atoms with Crippen LogP contribution in [0.4, 0.5) is 10.1 Å². The third kappa shape index (κ3) is 4.03. The molecule has 4 rings (SSSR count). The quantitative estimate of drug-likeness (QED) is 0.554. The number of anilines is 1. The summed E-state index contributed by atoms with van der Waals surface area (Å²) in [4.78, 5) is 12.4. The van der Waals surface area contributed by atoms with Crippen molar-refractivity contribution in [3.05, 3.63) is 72.0 Å². The van der Waals surface area contributed by atoms with Crippen LogP contribution in [0.25, 0.3) is 10.8 Å². The molecule has 0 unspecified atom stereocenters. The van der Waals surface area contributed by atoms with Crippen LogP contribution in [-0.2, 0) is 21.2 Å². The second kappa shape index (κ2) is 8.44. The van der Waals surface area contributed by atoms with E-state index in [9.17, 15) is 17.6 Å². The fourth-order valence-corrected chi connectivity index (χ4v) is 5.59. The summed E-state index contributed by atoms with van der Waals surface area (Å²) >= 11 is 0. The molecule has 5 nitrogen and oxygen atoms in total. The molecule has 0 spiro atoms. The van der Waals surface area contributed by atoms with Gasteiger partial charge in [-0.2, -0.15) is 0 Å². The van der Waals surface area contributed by atoms with E-state index < -0.39 is 10.0 Å². The number of benzene rings is 3. The topological polar surface area (TPSA) is 66.5 Å². The van der Waals surface area contributed by atoms with E-state index in [2.05, 4.69) is 5.32 Å². The number of carbonyl (C=O) groups is 1. The Balaban J connectivity index is 1.27. The molecule has 1 N–H and O–H groups in total. The lowest BCUT2D eigenvalue weighted by atomic mass is 10.1. The molecule has 1 aliphatic rings. The molecule has 0 fully saturated rings. The molecule has 30 heavy (non-hydrogen) atoms. The third-order valence-corrected chi connectivity index (χ3v) is 7.18. The van der Waals surface area contributed by atoms with Crippen LogP contribution in [-0.4, -0.2) is 27.4 Å². The first-order valence-electron chi connectivity index (χ1n) is 10.0. The molecule has 1 aliphatic heterocycles. The van der Waals surface area contributed by atoms with E-state index in [0.717, 1.165) is 29.2 Å². The molecule has 0 saturated heterocycles. The van der Waals surface area contributed by atoms with E-state index in [1.165, 1.54) is 16.4 Å². The lowest BCUT2D eigenvalue weighted by Crippen LogP contribution is -2.30. The van der Waals surface area contributed by atoms with E-state index in [1.54, 1.807) is 24.3 Å². The van der Waals surface area contributed by atoms with Gasteiger partial charge in [0.05, 0.1) is 10.6 Å². The Morgan fingerprint density at radius 3 is 2.47 bits per heavy atom. The molecule has 156 valence electrons. The zero-order valence-electron chi connectivity index (χ0n) is 16.5. The number of hydrogen-bond acceptors (Lipinski definition) is 3. The molecule has 7 heteroatoms. The van der Waals surface area contributed by atoms with Gasteiger partial charge in [0, 0.05) is 24.9 Å². The summed E-state index contributed by atoms with van der Waals surface area (Å²) in [6, 6.07) is 17.2. The Morgan fingerprint density at radius 2 is 1.70 bits per heavy atom. The minimum absolute atomic E-state index is 0.0959. The highest BCUT2D eigenvalue weighted by Gasteiger charge is 2.34. The summed E-state index contributed by atoms with van der Waals surface area (Å²) < 4.78 is 40.1. The summed E-state index contributed by atoms with van der Waals surface area (Å²) in [6.45, 7) is 0.794. The number of hydrogen-bond donors (Lipinski definition) is 1. The molecule has 3 aromatic rings. The predicted octanol–water partition coefficient (Wildman–Crippen LogP) is 4.02. The summed E-state index contributed by atoms with van der Waals surface area (Å²) in [5, 5.41) is 4.52. The highest BCUT2D eigenvalue weighted by Crippen LogP contribution is 2.41. The number of nitrogens with zero attached hydrogens (tertiary/aromatic N) is 1. The Labute approximate surface area is 175 Å². The number of sulfonamides is 1. The van der Waals surface area contributed by atoms with Gasteiger partial charge in [0.25, 0.3) is 10.0 Å². The number of halogens is 1. The number of aryl methyl sites for hydroxylation is 1. The largest absolute Gasteiger partial charge is 0.356 e. The maximum atomic E-state index is 12.9. The van der Waals surface area contributed by atoms with E-state index in [0.29, 0.717) is 23.5 Å². The van der Waals surface area contributed by atoms with Gasteiger partial charge in [-0.1, -0.05) is 36.4 Å². The van der Waals surface area contributed by atoms with Crippen molar-refractivity contribution in [3.63, 3.8) is 0 Å². The van der Waals surface area contributed by atoms with Gasteiger partial charge in [-0.3, -0.25) is 9.10 Å². The van der Waals surface area contributed by atoms with E-state index in [-0.39, 0.29) is 24.7 Å². The van der Waals surface area contributed by atoms with Crippen molar-refractivity contribution in [2.24, 2.45) is 0 Å². The zero-order chi connectivity index (χ0) is 21.1.